The predicted octanol–water partition coefficient (Wildman–Crippen LogP) is 2.86. The highest BCUT2D eigenvalue weighted by Crippen LogP contribution is 2.20. The third kappa shape index (κ3) is 7.19. The van der Waals surface area contributed by atoms with Gasteiger partial charge in [-0.05, 0) is 37.1 Å². The van der Waals surface area contributed by atoms with Crippen LogP contribution in [0.2, 0.25) is 0 Å². The molecule has 0 bridgehead atoms. The SMILES string of the molecule is CN=C(NCCCCNc1ccccn1)NC1CC(=O)N(c2ccccc2)C1.I. The molecule has 0 radical (unpaired) electrons. The molecule has 1 unspecified atom stereocenters. The molecule has 1 saturated heterocycles. The number of hydrogen-bond donors (Lipinski definition) is 3. The number of carbonyl (C=O) groups excluding carboxylic acids is 1. The van der Waals surface area contributed by atoms with Crippen molar-refractivity contribution in [2.24, 2.45) is 4.99 Å². The van der Waals surface area contributed by atoms with E-state index in [1.807, 2.05) is 53.4 Å². The Morgan fingerprint density at radius 3 is 2.62 bits per heavy atom. The Bertz CT molecular complexity index is 771. The van der Waals surface area contributed by atoms with Gasteiger partial charge in [-0.2, -0.15) is 0 Å². The number of unbranched alkanes of at least 4 members (excludes halogenated alkanes) is 1. The molecule has 1 aromatic heterocycles. The van der Waals surface area contributed by atoms with Crippen LogP contribution >= 0.6 is 24.0 Å². The number of para-hydroxylation sites is 1. The summed E-state index contributed by atoms with van der Waals surface area (Å²) in [7, 11) is 1.75. The van der Waals surface area contributed by atoms with E-state index in [-0.39, 0.29) is 35.9 Å². The Balaban J connectivity index is 0.00000300. The quantitative estimate of drug-likeness (QED) is 0.221. The number of aliphatic imine (C=N–C) groups is 1. The second-order valence-electron chi connectivity index (χ2n) is 6.73. The third-order valence-electron chi connectivity index (χ3n) is 4.62. The molecule has 8 heteroatoms. The number of nitrogens with zero attached hydrogens (tertiary/aromatic N) is 3. The van der Waals surface area contributed by atoms with Crippen LogP contribution in [-0.2, 0) is 4.79 Å². The van der Waals surface area contributed by atoms with Crippen LogP contribution in [-0.4, -0.2) is 49.6 Å². The normalized spacial score (nSPS) is 16.3. The van der Waals surface area contributed by atoms with E-state index in [1.54, 1.807) is 13.2 Å². The molecule has 0 aliphatic carbocycles. The Hall–Kier alpha value is -2.36. The van der Waals surface area contributed by atoms with Crippen molar-refractivity contribution in [3.05, 3.63) is 54.7 Å². The molecule has 7 nitrogen and oxygen atoms in total. The summed E-state index contributed by atoms with van der Waals surface area (Å²) >= 11 is 0. The van der Waals surface area contributed by atoms with Crippen LogP contribution in [0.5, 0.6) is 0 Å². The van der Waals surface area contributed by atoms with Gasteiger partial charge in [0.2, 0.25) is 5.91 Å². The van der Waals surface area contributed by atoms with Gasteiger partial charge in [0.05, 0.1) is 6.04 Å². The van der Waals surface area contributed by atoms with Gasteiger partial charge in [-0.3, -0.25) is 9.79 Å². The summed E-state index contributed by atoms with van der Waals surface area (Å²) in [4.78, 5) is 22.7. The molecule has 0 saturated carbocycles. The molecule has 156 valence electrons. The predicted molar refractivity (Wildman–Crippen MR) is 129 cm³/mol. The number of benzene rings is 1. The lowest BCUT2D eigenvalue weighted by Crippen LogP contribution is -2.44. The van der Waals surface area contributed by atoms with Gasteiger partial charge in [-0.1, -0.05) is 24.3 Å². The number of rotatable bonds is 8. The molecular formula is C21H29IN6O. The van der Waals surface area contributed by atoms with Crippen molar-refractivity contribution in [1.82, 2.24) is 15.6 Å². The number of nitrogens with one attached hydrogen (secondary N) is 3. The van der Waals surface area contributed by atoms with E-state index in [4.69, 9.17) is 0 Å². The fourth-order valence-corrected chi connectivity index (χ4v) is 3.19. The number of carbonyl (C=O) groups is 1. The van der Waals surface area contributed by atoms with E-state index in [2.05, 4.69) is 25.9 Å². The van der Waals surface area contributed by atoms with Crippen LogP contribution in [0.1, 0.15) is 19.3 Å². The van der Waals surface area contributed by atoms with Crippen LogP contribution in [0.3, 0.4) is 0 Å². The van der Waals surface area contributed by atoms with Crippen molar-refractivity contribution >= 4 is 47.3 Å². The highest BCUT2D eigenvalue weighted by molar-refractivity contribution is 14.0. The number of aromatic nitrogens is 1. The molecule has 1 fully saturated rings. The Kier molecular flexibility index (Phi) is 9.69. The van der Waals surface area contributed by atoms with Gasteiger partial charge in [-0.25, -0.2) is 4.98 Å². The number of pyridine rings is 1. The van der Waals surface area contributed by atoms with Crippen LogP contribution in [0, 0.1) is 0 Å². The second kappa shape index (κ2) is 12.3. The maximum Gasteiger partial charge on any atom is 0.229 e. The topological polar surface area (TPSA) is 81.6 Å². The summed E-state index contributed by atoms with van der Waals surface area (Å²) in [6.45, 7) is 2.36. The molecule has 3 rings (SSSR count). The average Bonchev–Trinajstić information content (AvgIpc) is 3.11. The summed E-state index contributed by atoms with van der Waals surface area (Å²) in [5.41, 5.74) is 0.945. The molecule has 1 aliphatic heterocycles. The number of amides is 1. The average molecular weight is 508 g/mol. The zero-order valence-corrected chi connectivity index (χ0v) is 19.0. The van der Waals surface area contributed by atoms with E-state index < -0.39 is 0 Å². The molecule has 1 atom stereocenters. The lowest BCUT2D eigenvalue weighted by atomic mass is 10.2. The van der Waals surface area contributed by atoms with Crippen molar-refractivity contribution in [2.45, 2.75) is 25.3 Å². The van der Waals surface area contributed by atoms with Gasteiger partial charge in [0.25, 0.3) is 0 Å². The summed E-state index contributed by atoms with van der Waals surface area (Å²) in [5, 5.41) is 10.00. The maximum atomic E-state index is 12.3. The first-order valence-electron chi connectivity index (χ1n) is 9.74. The molecule has 2 heterocycles. The molecular weight excluding hydrogens is 479 g/mol. The smallest absolute Gasteiger partial charge is 0.229 e. The van der Waals surface area contributed by atoms with E-state index in [0.29, 0.717) is 13.0 Å². The van der Waals surface area contributed by atoms with Crippen molar-refractivity contribution < 1.29 is 4.79 Å². The van der Waals surface area contributed by atoms with Gasteiger partial charge in [0.15, 0.2) is 5.96 Å². The van der Waals surface area contributed by atoms with Crippen LogP contribution in [0.25, 0.3) is 0 Å². The molecule has 29 heavy (non-hydrogen) atoms. The minimum atomic E-state index is 0. The van der Waals surface area contributed by atoms with Gasteiger partial charge in [-0.15, -0.1) is 24.0 Å². The van der Waals surface area contributed by atoms with Crippen molar-refractivity contribution in [3.63, 3.8) is 0 Å². The maximum absolute atomic E-state index is 12.3. The number of hydrogen-bond acceptors (Lipinski definition) is 4. The molecule has 2 aromatic rings. The molecule has 0 spiro atoms. The minimum Gasteiger partial charge on any atom is -0.370 e. The van der Waals surface area contributed by atoms with E-state index in [9.17, 15) is 4.79 Å². The lowest BCUT2D eigenvalue weighted by Gasteiger charge is -2.19. The summed E-state index contributed by atoms with van der Waals surface area (Å²) < 4.78 is 0. The first kappa shape index (κ1) is 22.9. The fraction of sp³-hybridized carbons (Fsp3) is 0.381. The highest BCUT2D eigenvalue weighted by atomic mass is 127. The van der Waals surface area contributed by atoms with Gasteiger partial charge < -0.3 is 20.9 Å². The Morgan fingerprint density at radius 1 is 1.14 bits per heavy atom. The summed E-state index contributed by atoms with van der Waals surface area (Å²) in [5.74, 6) is 1.78. The number of anilines is 2. The zero-order valence-electron chi connectivity index (χ0n) is 16.7. The third-order valence-corrected chi connectivity index (χ3v) is 4.62. The van der Waals surface area contributed by atoms with Crippen LogP contribution in [0.4, 0.5) is 11.5 Å². The zero-order chi connectivity index (χ0) is 19.6. The summed E-state index contributed by atoms with van der Waals surface area (Å²) in [6, 6.07) is 15.7. The summed E-state index contributed by atoms with van der Waals surface area (Å²) in [6.07, 6.45) is 4.31. The van der Waals surface area contributed by atoms with E-state index in [0.717, 1.165) is 43.4 Å². The lowest BCUT2D eigenvalue weighted by molar-refractivity contribution is -0.117. The standard InChI is InChI=1S/C21H28N6O.HI/c1-22-21(25-14-8-7-13-24-19-11-5-6-12-23-19)26-17-15-20(28)27(16-17)18-9-3-2-4-10-18;/h2-6,9-12,17H,7-8,13-16H2,1H3,(H,23,24)(H2,22,25,26);1H. The minimum absolute atomic E-state index is 0. The van der Waals surface area contributed by atoms with Crippen molar-refractivity contribution in [2.75, 3.05) is 36.9 Å². The van der Waals surface area contributed by atoms with Gasteiger partial charge >= 0.3 is 0 Å². The van der Waals surface area contributed by atoms with E-state index in [1.165, 1.54) is 0 Å². The van der Waals surface area contributed by atoms with Crippen molar-refractivity contribution in [1.29, 1.82) is 0 Å². The Morgan fingerprint density at radius 2 is 1.90 bits per heavy atom. The van der Waals surface area contributed by atoms with E-state index >= 15 is 0 Å². The molecule has 1 aliphatic rings. The van der Waals surface area contributed by atoms with Crippen molar-refractivity contribution in [3.8, 4) is 0 Å². The van der Waals surface area contributed by atoms with Crippen LogP contribution < -0.4 is 20.9 Å². The monoisotopic (exact) mass is 508 g/mol. The molecule has 1 aromatic carbocycles. The Labute approximate surface area is 189 Å². The second-order valence-corrected chi connectivity index (χ2v) is 6.73. The fourth-order valence-electron chi connectivity index (χ4n) is 3.19. The highest BCUT2D eigenvalue weighted by Gasteiger charge is 2.30. The number of halogens is 1. The number of guanidine groups is 1. The molecule has 3 N–H and O–H groups in total. The van der Waals surface area contributed by atoms with Gasteiger partial charge in [0.1, 0.15) is 5.82 Å². The molecule has 1 amide bonds. The first-order chi connectivity index (χ1) is 13.8. The van der Waals surface area contributed by atoms with Gasteiger partial charge in [0, 0.05) is 45.0 Å². The van der Waals surface area contributed by atoms with Crippen LogP contribution in [0.15, 0.2) is 59.7 Å². The first-order valence-corrected chi connectivity index (χ1v) is 9.74. The largest absolute Gasteiger partial charge is 0.370 e.